The molecule has 0 radical (unpaired) electrons. The zero-order valence-corrected chi connectivity index (χ0v) is 9.31. The largest absolute Gasteiger partial charge is 0.365 e. The van der Waals surface area contributed by atoms with Gasteiger partial charge in [-0.1, -0.05) is 12.1 Å². The van der Waals surface area contributed by atoms with E-state index in [1.807, 2.05) is 0 Å². The first kappa shape index (κ1) is 11.6. The van der Waals surface area contributed by atoms with E-state index in [9.17, 15) is 9.59 Å². The molecule has 5 nitrogen and oxygen atoms in total. The number of rotatable bonds is 2. The highest BCUT2D eigenvalue weighted by molar-refractivity contribution is 6.00. The number of carbonyl (C=O) groups excluding carboxylic acids is 1. The lowest BCUT2D eigenvalue weighted by Gasteiger charge is -1.99. The predicted octanol–water partition coefficient (Wildman–Crippen LogP) is 0.920. The van der Waals surface area contributed by atoms with E-state index in [0.29, 0.717) is 10.9 Å². The number of hydrogen-bond acceptors (Lipinski definition) is 3. The van der Waals surface area contributed by atoms with Crippen LogP contribution in [0.25, 0.3) is 17.0 Å². The summed E-state index contributed by atoms with van der Waals surface area (Å²) in [6.07, 6.45) is 2.64. The van der Waals surface area contributed by atoms with Gasteiger partial charge in [0, 0.05) is 22.7 Å². The Labute approximate surface area is 102 Å². The summed E-state index contributed by atoms with van der Waals surface area (Å²) in [5.74, 6) is -0.856. The molecule has 18 heavy (non-hydrogen) atoms. The van der Waals surface area contributed by atoms with Crippen molar-refractivity contribution in [1.82, 2.24) is 4.98 Å². The number of benzene rings is 1. The molecule has 1 heterocycles. The number of nitriles is 1. The molecule has 3 N–H and O–H groups in total. The smallest absolute Gasteiger partial charge is 0.259 e. The van der Waals surface area contributed by atoms with Crippen LogP contribution in [0.3, 0.4) is 0 Å². The second-order valence-electron chi connectivity index (χ2n) is 3.65. The van der Waals surface area contributed by atoms with Crippen LogP contribution in [0, 0.1) is 11.3 Å². The van der Waals surface area contributed by atoms with Crippen LogP contribution in [0.4, 0.5) is 0 Å². The number of carbonyl (C=O) groups is 1. The number of aromatic nitrogens is 1. The van der Waals surface area contributed by atoms with Gasteiger partial charge in [-0.25, -0.2) is 0 Å². The van der Waals surface area contributed by atoms with Gasteiger partial charge in [-0.05, 0) is 18.2 Å². The van der Waals surface area contributed by atoms with Crippen LogP contribution < -0.4 is 11.2 Å². The monoisotopic (exact) mass is 239 g/mol. The molecule has 0 aliphatic heterocycles. The number of pyridine rings is 1. The normalized spacial score (nSPS) is 11.2. The second kappa shape index (κ2) is 4.55. The Bertz CT molecular complexity index is 751. The maximum atomic E-state index is 12.1. The zero-order valence-electron chi connectivity index (χ0n) is 9.31. The molecule has 0 spiro atoms. The molecule has 1 aromatic carbocycles. The van der Waals surface area contributed by atoms with E-state index >= 15 is 0 Å². The van der Waals surface area contributed by atoms with E-state index in [-0.39, 0.29) is 16.6 Å². The highest BCUT2D eigenvalue weighted by Crippen LogP contribution is 2.09. The Hall–Kier alpha value is -2.87. The van der Waals surface area contributed by atoms with Crippen LogP contribution in [0.15, 0.2) is 40.8 Å². The molecule has 1 aromatic heterocycles. The summed E-state index contributed by atoms with van der Waals surface area (Å²) in [4.78, 5) is 25.9. The predicted molar refractivity (Wildman–Crippen MR) is 67.4 cm³/mol. The van der Waals surface area contributed by atoms with Gasteiger partial charge in [0.2, 0.25) is 0 Å². The second-order valence-corrected chi connectivity index (χ2v) is 3.65. The van der Waals surface area contributed by atoms with Crippen molar-refractivity contribution in [3.05, 3.63) is 51.8 Å². The molecular weight excluding hydrogens is 230 g/mol. The van der Waals surface area contributed by atoms with Crippen LogP contribution in [-0.4, -0.2) is 10.9 Å². The van der Waals surface area contributed by atoms with Gasteiger partial charge in [0.15, 0.2) is 5.43 Å². The molecule has 0 aliphatic carbocycles. The molecule has 2 rings (SSSR count). The maximum Gasteiger partial charge on any atom is 0.259 e. The van der Waals surface area contributed by atoms with Gasteiger partial charge in [0.05, 0.1) is 0 Å². The molecule has 0 fully saturated rings. The number of aromatic amines is 1. The number of amides is 1. The fourth-order valence-corrected chi connectivity index (χ4v) is 1.60. The molecule has 88 valence electrons. The third-order valence-corrected chi connectivity index (χ3v) is 2.50. The van der Waals surface area contributed by atoms with Crippen molar-refractivity contribution < 1.29 is 4.79 Å². The quantitative estimate of drug-likeness (QED) is 0.602. The number of nitrogens with two attached hydrogens (primary N) is 1. The summed E-state index contributed by atoms with van der Waals surface area (Å²) >= 11 is 0. The lowest BCUT2D eigenvalue weighted by atomic mass is 10.1. The van der Waals surface area contributed by atoms with Crippen molar-refractivity contribution >= 4 is 22.9 Å². The van der Waals surface area contributed by atoms with E-state index in [0.717, 1.165) is 0 Å². The average Bonchev–Trinajstić information content (AvgIpc) is 2.38. The Morgan fingerprint density at radius 3 is 2.78 bits per heavy atom. The number of fused-ring (bicyclic) bond motifs is 1. The number of primary amides is 1. The van der Waals surface area contributed by atoms with E-state index in [4.69, 9.17) is 11.0 Å². The van der Waals surface area contributed by atoms with Gasteiger partial charge in [-0.2, -0.15) is 5.26 Å². The lowest BCUT2D eigenvalue weighted by molar-refractivity contribution is -0.114. The number of H-pyrrole nitrogens is 1. The third kappa shape index (κ3) is 1.99. The Balaban J connectivity index is 2.68. The molecule has 0 saturated heterocycles. The Morgan fingerprint density at radius 2 is 2.11 bits per heavy atom. The third-order valence-electron chi connectivity index (χ3n) is 2.50. The highest BCUT2D eigenvalue weighted by Gasteiger charge is 2.07. The SMILES string of the molecule is N#C/C(=C/c1c[nH]c2ccccc2c1=O)C(N)=O. The van der Waals surface area contributed by atoms with Gasteiger partial charge in [-0.3, -0.25) is 9.59 Å². The number of nitrogens with one attached hydrogen (secondary N) is 1. The molecular formula is C13H9N3O2. The molecule has 0 bridgehead atoms. The first-order valence-corrected chi connectivity index (χ1v) is 5.15. The Morgan fingerprint density at radius 1 is 1.39 bits per heavy atom. The van der Waals surface area contributed by atoms with Crippen LogP contribution in [0.1, 0.15) is 5.56 Å². The van der Waals surface area contributed by atoms with E-state index < -0.39 is 5.91 Å². The summed E-state index contributed by atoms with van der Waals surface area (Å²) in [6.45, 7) is 0. The topological polar surface area (TPSA) is 99.7 Å². The summed E-state index contributed by atoms with van der Waals surface area (Å²) in [7, 11) is 0. The molecule has 5 heteroatoms. The van der Waals surface area contributed by atoms with Crippen molar-refractivity contribution in [3.63, 3.8) is 0 Å². The molecule has 0 saturated carbocycles. The summed E-state index contributed by atoms with van der Waals surface area (Å²) in [5, 5.41) is 9.22. The van der Waals surface area contributed by atoms with Gasteiger partial charge < -0.3 is 10.7 Å². The molecule has 1 amide bonds. The number of nitrogens with zero attached hydrogens (tertiary/aromatic N) is 1. The minimum absolute atomic E-state index is 0.226. The fourth-order valence-electron chi connectivity index (χ4n) is 1.60. The van der Waals surface area contributed by atoms with Crippen molar-refractivity contribution in [2.75, 3.05) is 0 Å². The highest BCUT2D eigenvalue weighted by atomic mass is 16.1. The minimum atomic E-state index is -0.856. The lowest BCUT2D eigenvalue weighted by Crippen LogP contribution is -2.14. The summed E-state index contributed by atoms with van der Waals surface area (Å²) in [6, 6.07) is 8.64. The fraction of sp³-hybridized carbons (Fsp3) is 0. The van der Waals surface area contributed by atoms with Crippen molar-refractivity contribution in [1.29, 1.82) is 5.26 Å². The van der Waals surface area contributed by atoms with E-state index in [1.165, 1.54) is 12.3 Å². The van der Waals surface area contributed by atoms with Crippen molar-refractivity contribution in [2.24, 2.45) is 5.73 Å². The van der Waals surface area contributed by atoms with Crippen LogP contribution in [-0.2, 0) is 4.79 Å². The number of para-hydroxylation sites is 1. The Kier molecular flexibility index (Phi) is 2.94. The molecule has 0 unspecified atom stereocenters. The van der Waals surface area contributed by atoms with Crippen molar-refractivity contribution in [3.8, 4) is 6.07 Å². The average molecular weight is 239 g/mol. The molecule has 2 aromatic rings. The zero-order chi connectivity index (χ0) is 13.1. The summed E-state index contributed by atoms with van der Waals surface area (Å²) < 4.78 is 0. The van der Waals surface area contributed by atoms with Crippen molar-refractivity contribution in [2.45, 2.75) is 0 Å². The summed E-state index contributed by atoms with van der Waals surface area (Å²) in [5.41, 5.74) is 5.43. The maximum absolute atomic E-state index is 12.1. The van der Waals surface area contributed by atoms with Gasteiger partial charge in [0.1, 0.15) is 11.6 Å². The molecule has 0 atom stereocenters. The van der Waals surface area contributed by atoms with Crippen LogP contribution >= 0.6 is 0 Å². The standard InChI is InChI=1S/C13H9N3O2/c14-6-8(13(15)18)5-9-7-16-11-4-2-1-3-10(11)12(9)17/h1-5,7H,(H2,15,18)(H,16,17)/b8-5-. The van der Waals surface area contributed by atoms with Gasteiger partial charge in [-0.15, -0.1) is 0 Å². The van der Waals surface area contributed by atoms with Crippen LogP contribution in [0.2, 0.25) is 0 Å². The first-order valence-electron chi connectivity index (χ1n) is 5.15. The van der Waals surface area contributed by atoms with Gasteiger partial charge >= 0.3 is 0 Å². The van der Waals surface area contributed by atoms with Crippen LogP contribution in [0.5, 0.6) is 0 Å². The van der Waals surface area contributed by atoms with Gasteiger partial charge in [0.25, 0.3) is 5.91 Å². The molecule has 0 aliphatic rings. The van der Waals surface area contributed by atoms with E-state index in [1.54, 1.807) is 30.3 Å². The first-order chi connectivity index (χ1) is 8.63. The van der Waals surface area contributed by atoms with E-state index in [2.05, 4.69) is 4.98 Å². The number of hydrogen-bond donors (Lipinski definition) is 2. The minimum Gasteiger partial charge on any atom is -0.365 e.